The molecule has 7 nitrogen and oxygen atoms in total. The van der Waals surface area contributed by atoms with Crippen molar-refractivity contribution < 1.29 is 28.8 Å². The lowest BCUT2D eigenvalue weighted by Gasteiger charge is -2.33. The molecule has 0 radical (unpaired) electrons. The van der Waals surface area contributed by atoms with Gasteiger partial charge in [0.1, 0.15) is 0 Å². The highest BCUT2D eigenvalue weighted by Gasteiger charge is 2.34. The minimum absolute atomic E-state index is 0.00891. The number of rotatable bonds is 3. The highest BCUT2D eigenvalue weighted by molar-refractivity contribution is 5.85. The van der Waals surface area contributed by atoms with Crippen molar-refractivity contribution in [2.24, 2.45) is 0 Å². The lowest BCUT2D eigenvalue weighted by molar-refractivity contribution is -0.0119. The number of ether oxygens (including phenoxy) is 3. The van der Waals surface area contributed by atoms with Crippen LogP contribution in [-0.2, 0) is 0 Å². The number of phenols is 1. The number of hydrogen-bond donors (Lipinski definition) is 2. The fourth-order valence-electron chi connectivity index (χ4n) is 3.01. The third kappa shape index (κ3) is 2.62. The van der Waals surface area contributed by atoms with Crippen molar-refractivity contribution in [1.82, 2.24) is 0 Å². The van der Waals surface area contributed by atoms with Crippen molar-refractivity contribution in [3.05, 3.63) is 58.4 Å². The van der Waals surface area contributed by atoms with Crippen LogP contribution in [0.2, 0.25) is 0 Å². The second-order valence-corrected chi connectivity index (χ2v) is 5.87. The Morgan fingerprint density at radius 1 is 1.12 bits per heavy atom. The normalized spacial score (nSPS) is 18.7. The predicted molar refractivity (Wildman–Crippen MR) is 92.0 cm³/mol. The van der Waals surface area contributed by atoms with Gasteiger partial charge in [0.15, 0.2) is 35.0 Å². The highest BCUT2D eigenvalue weighted by atomic mass is 16.6. The molecule has 1 aliphatic rings. The van der Waals surface area contributed by atoms with Crippen molar-refractivity contribution in [2.75, 3.05) is 13.7 Å². The summed E-state index contributed by atoms with van der Waals surface area (Å²) in [5.74, 6) is 0.943. The zero-order chi connectivity index (χ0) is 18.3. The summed E-state index contributed by atoms with van der Waals surface area (Å²) in [5.41, 5.74) is 0.420. The van der Waals surface area contributed by atoms with Crippen LogP contribution in [0.3, 0.4) is 0 Å². The first-order chi connectivity index (χ1) is 12.6. The molecular weight excluding hydrogens is 340 g/mol. The van der Waals surface area contributed by atoms with Gasteiger partial charge in [-0.25, -0.2) is 4.79 Å². The first-order valence-corrected chi connectivity index (χ1v) is 7.98. The number of hydrogen-bond acceptors (Lipinski definition) is 7. The van der Waals surface area contributed by atoms with Crippen LogP contribution in [0.25, 0.3) is 11.0 Å². The van der Waals surface area contributed by atoms with Gasteiger partial charge < -0.3 is 28.8 Å². The molecule has 1 aliphatic heterocycles. The molecule has 2 heterocycles. The molecule has 2 N–H and O–H groups in total. The van der Waals surface area contributed by atoms with E-state index >= 15 is 0 Å². The summed E-state index contributed by atoms with van der Waals surface area (Å²) >= 11 is 0. The number of phenolic OH excluding ortho intramolecular Hbond substituents is 1. The van der Waals surface area contributed by atoms with Crippen LogP contribution in [0, 0.1) is 0 Å². The number of aromatic hydroxyl groups is 1. The summed E-state index contributed by atoms with van der Waals surface area (Å²) in [4.78, 5) is 11.6. The minimum atomic E-state index is -0.682. The van der Waals surface area contributed by atoms with Gasteiger partial charge in [0.2, 0.25) is 5.75 Å². The maximum atomic E-state index is 11.6. The summed E-state index contributed by atoms with van der Waals surface area (Å²) < 4.78 is 22.4. The fourth-order valence-corrected chi connectivity index (χ4v) is 3.01. The van der Waals surface area contributed by atoms with Gasteiger partial charge in [0.05, 0.1) is 13.7 Å². The quantitative estimate of drug-likeness (QED) is 0.695. The maximum Gasteiger partial charge on any atom is 0.336 e. The lowest BCUT2D eigenvalue weighted by Crippen LogP contribution is -2.36. The first-order valence-electron chi connectivity index (χ1n) is 7.98. The molecule has 3 aromatic rings. The van der Waals surface area contributed by atoms with Crippen LogP contribution in [0.15, 0.2) is 51.7 Å². The zero-order valence-electron chi connectivity index (χ0n) is 13.8. The summed E-state index contributed by atoms with van der Waals surface area (Å²) in [5, 5.41) is 20.2. The van der Waals surface area contributed by atoms with E-state index < -0.39 is 17.8 Å². The molecule has 2 aromatic carbocycles. The van der Waals surface area contributed by atoms with E-state index in [1.54, 1.807) is 30.3 Å². The van der Waals surface area contributed by atoms with Gasteiger partial charge >= 0.3 is 5.63 Å². The summed E-state index contributed by atoms with van der Waals surface area (Å²) in [6.45, 7) is -0.288. The molecule has 4 rings (SSSR count). The van der Waals surface area contributed by atoms with Crippen molar-refractivity contribution >= 4 is 11.0 Å². The topological polar surface area (TPSA) is 98.4 Å². The third-order valence-electron chi connectivity index (χ3n) is 4.28. The highest BCUT2D eigenvalue weighted by Crippen LogP contribution is 2.44. The Morgan fingerprint density at radius 2 is 1.92 bits per heavy atom. The molecule has 2 atom stereocenters. The van der Waals surface area contributed by atoms with E-state index in [4.69, 9.17) is 18.6 Å². The van der Waals surface area contributed by atoms with Gasteiger partial charge in [-0.05, 0) is 30.3 Å². The smallest absolute Gasteiger partial charge is 0.336 e. The number of aliphatic hydroxyl groups excluding tert-OH is 1. The number of fused-ring (bicyclic) bond motifs is 3. The van der Waals surface area contributed by atoms with Gasteiger partial charge in [-0.15, -0.1) is 0 Å². The van der Waals surface area contributed by atoms with Crippen LogP contribution < -0.4 is 19.8 Å². The summed E-state index contributed by atoms with van der Waals surface area (Å²) in [6.07, 6.45) is -1.36. The second kappa shape index (κ2) is 6.27. The van der Waals surface area contributed by atoms with E-state index in [9.17, 15) is 15.0 Å². The van der Waals surface area contributed by atoms with Gasteiger partial charge in [-0.2, -0.15) is 0 Å². The molecule has 0 amide bonds. The number of aliphatic hydroxyl groups is 1. The molecule has 26 heavy (non-hydrogen) atoms. The molecule has 0 aliphatic carbocycles. The Bertz CT molecular complexity index is 1020. The van der Waals surface area contributed by atoms with Gasteiger partial charge in [-0.1, -0.05) is 6.07 Å². The van der Waals surface area contributed by atoms with E-state index in [2.05, 4.69) is 0 Å². The molecular formula is C19H16O7. The monoisotopic (exact) mass is 356 g/mol. The molecule has 7 heteroatoms. The molecule has 0 spiro atoms. The Labute approximate surface area is 148 Å². The van der Waals surface area contributed by atoms with Crippen LogP contribution >= 0.6 is 0 Å². The first kappa shape index (κ1) is 16.3. The molecule has 0 bridgehead atoms. The number of methoxy groups -OCH3 is 1. The van der Waals surface area contributed by atoms with Crippen LogP contribution in [0.1, 0.15) is 11.7 Å². The van der Waals surface area contributed by atoms with Gasteiger partial charge in [0, 0.05) is 17.0 Å². The van der Waals surface area contributed by atoms with Crippen LogP contribution in [0.4, 0.5) is 0 Å². The van der Waals surface area contributed by atoms with Gasteiger partial charge in [0.25, 0.3) is 0 Å². The van der Waals surface area contributed by atoms with Crippen molar-refractivity contribution in [2.45, 2.75) is 12.2 Å². The van der Waals surface area contributed by atoms with Crippen LogP contribution in [-0.4, -0.2) is 30.0 Å². The standard InChI is InChI=1S/C19H16O7/c1-23-14-8-11(2-5-12(14)21)17-15(9-20)24-13-6-3-10-4-7-16(22)25-18(10)19(13)26-17/h2-8,15,17,20-21H,9H2,1H3. The predicted octanol–water partition coefficient (Wildman–Crippen LogP) is 2.38. The van der Waals surface area contributed by atoms with E-state index in [1.165, 1.54) is 19.2 Å². The maximum absolute atomic E-state index is 11.6. The summed E-state index contributed by atoms with van der Waals surface area (Å²) in [7, 11) is 1.44. The average molecular weight is 356 g/mol. The molecule has 1 aromatic heterocycles. The van der Waals surface area contributed by atoms with Crippen LogP contribution in [0.5, 0.6) is 23.0 Å². The fraction of sp³-hybridized carbons (Fsp3) is 0.211. The molecule has 2 unspecified atom stereocenters. The second-order valence-electron chi connectivity index (χ2n) is 5.87. The summed E-state index contributed by atoms with van der Waals surface area (Å²) in [6, 6.07) is 11.2. The van der Waals surface area contributed by atoms with E-state index in [0.717, 1.165) is 0 Å². The van der Waals surface area contributed by atoms with Gasteiger partial charge in [-0.3, -0.25) is 0 Å². The zero-order valence-corrected chi connectivity index (χ0v) is 13.8. The third-order valence-corrected chi connectivity index (χ3v) is 4.28. The Morgan fingerprint density at radius 3 is 2.69 bits per heavy atom. The molecule has 0 fully saturated rings. The molecule has 0 saturated carbocycles. The number of benzene rings is 2. The Balaban J connectivity index is 1.84. The molecule has 0 saturated heterocycles. The van der Waals surface area contributed by atoms with E-state index in [1.807, 2.05) is 0 Å². The van der Waals surface area contributed by atoms with Crippen molar-refractivity contribution in [1.29, 1.82) is 0 Å². The SMILES string of the molecule is COc1cc(C2Oc3c(ccc4ccc(=O)oc34)OC2CO)ccc1O. The van der Waals surface area contributed by atoms with Crippen molar-refractivity contribution in [3.63, 3.8) is 0 Å². The molecule has 134 valence electrons. The lowest BCUT2D eigenvalue weighted by atomic mass is 10.0. The van der Waals surface area contributed by atoms with Crippen molar-refractivity contribution in [3.8, 4) is 23.0 Å². The van der Waals surface area contributed by atoms with E-state index in [-0.39, 0.29) is 23.7 Å². The minimum Gasteiger partial charge on any atom is -0.504 e. The Kier molecular flexibility index (Phi) is 3.93. The van der Waals surface area contributed by atoms with E-state index in [0.29, 0.717) is 22.4 Å². The largest absolute Gasteiger partial charge is 0.504 e. The Hall–Kier alpha value is -3.19. The average Bonchev–Trinajstić information content (AvgIpc) is 2.67.